The SMILES string of the molecule is CC[C@H]1CNCCc2ccc(Br)cc21. The minimum absolute atomic E-state index is 0.685. The number of rotatable bonds is 1. The third-order valence-electron chi connectivity index (χ3n) is 3.00. The van der Waals surface area contributed by atoms with E-state index in [-0.39, 0.29) is 0 Å². The maximum absolute atomic E-state index is 3.55. The average Bonchev–Trinajstić information content (AvgIpc) is 2.39. The van der Waals surface area contributed by atoms with Crippen molar-refractivity contribution >= 4 is 15.9 Å². The van der Waals surface area contributed by atoms with Crippen molar-refractivity contribution in [3.05, 3.63) is 33.8 Å². The molecule has 76 valence electrons. The van der Waals surface area contributed by atoms with Crippen LogP contribution in [0.25, 0.3) is 0 Å². The Balaban J connectivity index is 2.40. The number of fused-ring (bicyclic) bond motifs is 1. The molecule has 0 radical (unpaired) electrons. The Bertz CT molecular complexity index is 322. The third kappa shape index (κ3) is 2.01. The molecule has 1 heterocycles. The standard InChI is InChI=1S/C12H16BrN/c1-2-9-8-14-6-5-10-3-4-11(13)7-12(9)10/h3-4,7,9,14H,2,5-6,8H2,1H3/t9-/m0/s1. The first-order valence-electron chi connectivity index (χ1n) is 5.30. The van der Waals surface area contributed by atoms with Crippen LogP contribution in [0.15, 0.2) is 22.7 Å². The summed E-state index contributed by atoms with van der Waals surface area (Å²) in [5, 5.41) is 3.50. The van der Waals surface area contributed by atoms with Crippen molar-refractivity contribution in [2.24, 2.45) is 0 Å². The predicted molar refractivity (Wildman–Crippen MR) is 63.7 cm³/mol. The number of halogens is 1. The first kappa shape index (κ1) is 10.2. The third-order valence-corrected chi connectivity index (χ3v) is 3.50. The van der Waals surface area contributed by atoms with Crippen molar-refractivity contribution in [2.45, 2.75) is 25.7 Å². The van der Waals surface area contributed by atoms with Crippen molar-refractivity contribution in [1.82, 2.24) is 5.32 Å². The smallest absolute Gasteiger partial charge is 0.0178 e. The van der Waals surface area contributed by atoms with E-state index in [2.05, 4.69) is 46.4 Å². The minimum Gasteiger partial charge on any atom is -0.316 e. The number of hydrogen-bond acceptors (Lipinski definition) is 1. The summed E-state index contributed by atoms with van der Waals surface area (Å²) in [6, 6.07) is 6.70. The van der Waals surface area contributed by atoms with Crippen molar-refractivity contribution in [1.29, 1.82) is 0 Å². The monoisotopic (exact) mass is 253 g/mol. The van der Waals surface area contributed by atoms with E-state index in [1.54, 1.807) is 0 Å². The van der Waals surface area contributed by atoms with Gasteiger partial charge in [0.15, 0.2) is 0 Å². The van der Waals surface area contributed by atoms with Crippen LogP contribution >= 0.6 is 15.9 Å². The fraction of sp³-hybridized carbons (Fsp3) is 0.500. The largest absolute Gasteiger partial charge is 0.316 e. The van der Waals surface area contributed by atoms with E-state index >= 15 is 0 Å². The van der Waals surface area contributed by atoms with Gasteiger partial charge in [0.25, 0.3) is 0 Å². The lowest BCUT2D eigenvalue weighted by molar-refractivity contribution is 0.594. The Labute approximate surface area is 94.0 Å². The summed E-state index contributed by atoms with van der Waals surface area (Å²) >= 11 is 3.55. The zero-order valence-electron chi connectivity index (χ0n) is 8.52. The lowest BCUT2D eigenvalue weighted by atomic mass is 9.92. The van der Waals surface area contributed by atoms with Crippen LogP contribution in [0.2, 0.25) is 0 Å². The zero-order chi connectivity index (χ0) is 9.97. The molecular weight excluding hydrogens is 238 g/mol. The van der Waals surface area contributed by atoms with Gasteiger partial charge in [-0.2, -0.15) is 0 Å². The van der Waals surface area contributed by atoms with Gasteiger partial charge in [0.2, 0.25) is 0 Å². The van der Waals surface area contributed by atoms with Gasteiger partial charge in [0.05, 0.1) is 0 Å². The fourth-order valence-corrected chi connectivity index (χ4v) is 2.53. The molecule has 0 spiro atoms. The van der Waals surface area contributed by atoms with Gasteiger partial charge in [0.1, 0.15) is 0 Å². The van der Waals surface area contributed by atoms with Crippen LogP contribution < -0.4 is 5.32 Å². The lowest BCUT2D eigenvalue weighted by Gasteiger charge is -2.15. The molecule has 0 unspecified atom stereocenters. The molecule has 0 amide bonds. The quantitative estimate of drug-likeness (QED) is 0.812. The highest BCUT2D eigenvalue weighted by molar-refractivity contribution is 9.10. The van der Waals surface area contributed by atoms with E-state index in [4.69, 9.17) is 0 Å². The van der Waals surface area contributed by atoms with Gasteiger partial charge in [-0.3, -0.25) is 0 Å². The molecule has 1 atom stereocenters. The molecule has 1 nitrogen and oxygen atoms in total. The Morgan fingerprint density at radius 3 is 3.14 bits per heavy atom. The summed E-state index contributed by atoms with van der Waals surface area (Å²) in [4.78, 5) is 0. The first-order chi connectivity index (χ1) is 6.81. The summed E-state index contributed by atoms with van der Waals surface area (Å²) in [7, 11) is 0. The van der Waals surface area contributed by atoms with Crippen LogP contribution in [0.5, 0.6) is 0 Å². The Morgan fingerprint density at radius 2 is 2.36 bits per heavy atom. The van der Waals surface area contributed by atoms with Crippen LogP contribution in [0, 0.1) is 0 Å². The van der Waals surface area contributed by atoms with E-state index < -0.39 is 0 Å². The highest BCUT2D eigenvalue weighted by Crippen LogP contribution is 2.28. The fourth-order valence-electron chi connectivity index (χ4n) is 2.15. The average molecular weight is 254 g/mol. The van der Waals surface area contributed by atoms with Gasteiger partial charge in [-0.25, -0.2) is 0 Å². The summed E-state index contributed by atoms with van der Waals surface area (Å²) in [5.74, 6) is 0.685. The Kier molecular flexibility index (Phi) is 3.24. The van der Waals surface area contributed by atoms with Crippen molar-refractivity contribution < 1.29 is 0 Å². The maximum Gasteiger partial charge on any atom is 0.0178 e. The molecule has 1 aliphatic rings. The molecule has 1 aliphatic heterocycles. The van der Waals surface area contributed by atoms with E-state index in [1.165, 1.54) is 28.4 Å². The first-order valence-corrected chi connectivity index (χ1v) is 6.09. The molecule has 0 aliphatic carbocycles. The summed E-state index contributed by atoms with van der Waals surface area (Å²) in [6.07, 6.45) is 2.38. The maximum atomic E-state index is 3.55. The van der Waals surface area contributed by atoms with Gasteiger partial charge in [-0.15, -0.1) is 0 Å². The van der Waals surface area contributed by atoms with E-state index in [0.717, 1.165) is 13.1 Å². The molecule has 1 aromatic rings. The highest BCUT2D eigenvalue weighted by atomic mass is 79.9. The molecule has 2 heteroatoms. The second kappa shape index (κ2) is 4.45. The Morgan fingerprint density at radius 1 is 1.50 bits per heavy atom. The molecule has 1 aromatic carbocycles. The summed E-state index contributed by atoms with van der Waals surface area (Å²) in [5.41, 5.74) is 3.05. The second-order valence-corrected chi connectivity index (χ2v) is 4.82. The van der Waals surface area contributed by atoms with Gasteiger partial charge in [-0.1, -0.05) is 28.9 Å². The molecule has 0 bridgehead atoms. The summed E-state index contributed by atoms with van der Waals surface area (Å²) in [6.45, 7) is 4.51. The normalized spacial score (nSPS) is 21.4. The molecule has 0 saturated carbocycles. The van der Waals surface area contributed by atoms with Gasteiger partial charge >= 0.3 is 0 Å². The van der Waals surface area contributed by atoms with E-state index in [9.17, 15) is 0 Å². The lowest BCUT2D eigenvalue weighted by Crippen LogP contribution is -2.19. The second-order valence-electron chi connectivity index (χ2n) is 3.90. The molecule has 2 rings (SSSR count). The van der Waals surface area contributed by atoms with E-state index in [1.807, 2.05) is 0 Å². The van der Waals surface area contributed by atoms with Crippen molar-refractivity contribution in [3.63, 3.8) is 0 Å². The Hall–Kier alpha value is -0.340. The molecule has 0 fully saturated rings. The molecule has 0 saturated heterocycles. The van der Waals surface area contributed by atoms with Gasteiger partial charge in [0, 0.05) is 11.0 Å². The van der Waals surface area contributed by atoms with Crippen LogP contribution in [-0.4, -0.2) is 13.1 Å². The van der Waals surface area contributed by atoms with Crippen molar-refractivity contribution in [3.8, 4) is 0 Å². The number of benzene rings is 1. The summed E-state index contributed by atoms with van der Waals surface area (Å²) < 4.78 is 1.21. The molecule has 14 heavy (non-hydrogen) atoms. The van der Waals surface area contributed by atoms with Gasteiger partial charge < -0.3 is 5.32 Å². The van der Waals surface area contributed by atoms with E-state index in [0.29, 0.717) is 5.92 Å². The number of nitrogens with one attached hydrogen (secondary N) is 1. The molecule has 1 N–H and O–H groups in total. The van der Waals surface area contributed by atoms with Crippen molar-refractivity contribution in [2.75, 3.05) is 13.1 Å². The van der Waals surface area contributed by atoms with Crippen LogP contribution in [0.1, 0.15) is 30.4 Å². The van der Waals surface area contributed by atoms with Gasteiger partial charge in [-0.05, 0) is 48.6 Å². The highest BCUT2D eigenvalue weighted by Gasteiger charge is 2.16. The number of hydrogen-bond donors (Lipinski definition) is 1. The molecule has 0 aromatic heterocycles. The predicted octanol–water partition coefficient (Wildman–Crippen LogP) is 3.09. The van der Waals surface area contributed by atoms with Crippen LogP contribution in [-0.2, 0) is 6.42 Å². The van der Waals surface area contributed by atoms with Crippen LogP contribution in [0.4, 0.5) is 0 Å². The zero-order valence-corrected chi connectivity index (χ0v) is 10.1. The molecular formula is C12H16BrN. The minimum atomic E-state index is 0.685. The topological polar surface area (TPSA) is 12.0 Å². The van der Waals surface area contributed by atoms with Crippen LogP contribution in [0.3, 0.4) is 0 Å².